The molecule has 0 aliphatic heterocycles. The summed E-state index contributed by atoms with van der Waals surface area (Å²) >= 11 is 2.23. The molecule has 0 unspecified atom stereocenters. The molecule has 0 saturated heterocycles. The summed E-state index contributed by atoms with van der Waals surface area (Å²) in [5.41, 5.74) is 4.28. The first-order chi connectivity index (χ1) is 9.20. The number of nitrogens with zero attached hydrogens (tertiary/aromatic N) is 2. The Morgan fingerprint density at radius 3 is 2.74 bits per heavy atom. The minimum absolute atomic E-state index is 0.241. The van der Waals surface area contributed by atoms with Crippen molar-refractivity contribution in [3.63, 3.8) is 0 Å². The summed E-state index contributed by atoms with van der Waals surface area (Å²) in [6, 6.07) is 10.6. The third-order valence-corrected chi connectivity index (χ3v) is 4.74. The predicted octanol–water partition coefficient (Wildman–Crippen LogP) is 5.00. The van der Waals surface area contributed by atoms with Crippen LogP contribution in [-0.2, 0) is 0 Å². The van der Waals surface area contributed by atoms with Crippen LogP contribution in [0.5, 0.6) is 0 Å². The van der Waals surface area contributed by atoms with Crippen LogP contribution in [0.1, 0.15) is 5.56 Å². The van der Waals surface area contributed by atoms with Crippen molar-refractivity contribution in [1.82, 2.24) is 8.96 Å². The Labute approximate surface area is 126 Å². The molecule has 0 aliphatic rings. The number of hydrogen-bond acceptors (Lipinski definition) is 2. The van der Waals surface area contributed by atoms with Crippen molar-refractivity contribution in [3.05, 3.63) is 54.0 Å². The molecule has 2 heterocycles. The zero-order chi connectivity index (χ0) is 13.4. The third-order valence-electron chi connectivity index (χ3n) is 3.02. The molecule has 0 saturated carbocycles. The topological polar surface area (TPSA) is 17.8 Å². The number of aryl methyl sites for hydroxylation is 1. The first-order valence-electron chi connectivity index (χ1n) is 5.73. The van der Waals surface area contributed by atoms with Crippen LogP contribution in [0.3, 0.4) is 0 Å². The zero-order valence-corrected chi connectivity index (χ0v) is 13.1. The molecule has 0 atom stereocenters. The van der Waals surface area contributed by atoms with Gasteiger partial charge in [0.15, 0.2) is 0 Å². The SMILES string of the molecule is Cc1cn(SI)c2ccc(-c3ccccc3F)nc12. The molecule has 0 fully saturated rings. The molecule has 2 nitrogen and oxygen atoms in total. The van der Waals surface area contributed by atoms with E-state index in [-0.39, 0.29) is 5.82 Å². The fourth-order valence-corrected chi connectivity index (χ4v) is 3.50. The van der Waals surface area contributed by atoms with Gasteiger partial charge in [0.05, 0.1) is 16.7 Å². The molecule has 0 spiro atoms. The van der Waals surface area contributed by atoms with Crippen molar-refractivity contribution < 1.29 is 4.39 Å². The maximum atomic E-state index is 13.8. The summed E-state index contributed by atoms with van der Waals surface area (Å²) in [6.07, 6.45) is 2.04. The van der Waals surface area contributed by atoms with E-state index in [4.69, 9.17) is 0 Å². The highest BCUT2D eigenvalue weighted by Gasteiger charge is 2.10. The number of aromatic nitrogens is 2. The van der Waals surface area contributed by atoms with Gasteiger partial charge in [0.2, 0.25) is 0 Å². The molecule has 0 radical (unpaired) electrons. The summed E-state index contributed by atoms with van der Waals surface area (Å²) in [4.78, 5) is 4.60. The lowest BCUT2D eigenvalue weighted by atomic mass is 10.1. The Balaban J connectivity index is 2.23. The van der Waals surface area contributed by atoms with E-state index in [2.05, 4.69) is 30.2 Å². The van der Waals surface area contributed by atoms with Crippen LogP contribution in [0, 0.1) is 12.7 Å². The standard InChI is InChI=1S/C14H10FIN2S/c1-9-8-18(19-16)13-7-6-12(17-14(9)13)10-4-2-3-5-11(10)15/h2-8H,1H3. The van der Waals surface area contributed by atoms with Crippen molar-refractivity contribution in [1.29, 1.82) is 0 Å². The fraction of sp³-hybridized carbons (Fsp3) is 0.0714. The molecule has 0 N–H and O–H groups in total. The lowest BCUT2D eigenvalue weighted by Crippen LogP contribution is -1.89. The van der Waals surface area contributed by atoms with Gasteiger partial charge < -0.3 is 0 Å². The van der Waals surface area contributed by atoms with Crippen LogP contribution < -0.4 is 0 Å². The minimum Gasteiger partial charge on any atom is -0.281 e. The number of benzene rings is 1. The van der Waals surface area contributed by atoms with Gasteiger partial charge >= 0.3 is 0 Å². The number of hydrogen-bond donors (Lipinski definition) is 0. The molecule has 0 aliphatic carbocycles. The lowest BCUT2D eigenvalue weighted by molar-refractivity contribution is 0.631. The van der Waals surface area contributed by atoms with Crippen LogP contribution in [0.2, 0.25) is 0 Å². The van der Waals surface area contributed by atoms with E-state index in [0.29, 0.717) is 11.3 Å². The van der Waals surface area contributed by atoms with E-state index in [1.807, 2.05) is 31.3 Å². The average molecular weight is 384 g/mol. The lowest BCUT2D eigenvalue weighted by Gasteiger charge is -2.03. The summed E-state index contributed by atoms with van der Waals surface area (Å²) in [6.45, 7) is 2.02. The van der Waals surface area contributed by atoms with E-state index in [9.17, 15) is 4.39 Å². The highest BCUT2D eigenvalue weighted by atomic mass is 127. The van der Waals surface area contributed by atoms with Crippen LogP contribution in [-0.4, -0.2) is 8.96 Å². The van der Waals surface area contributed by atoms with Crippen molar-refractivity contribution in [2.45, 2.75) is 6.92 Å². The highest BCUT2D eigenvalue weighted by Crippen LogP contribution is 2.29. The molecule has 3 rings (SSSR count). The molecule has 96 valence electrons. The van der Waals surface area contributed by atoms with Gasteiger partial charge in [-0.1, -0.05) is 12.1 Å². The molecule has 2 aromatic heterocycles. The molecule has 0 amide bonds. The first-order valence-corrected chi connectivity index (χ1v) is 9.05. The second kappa shape index (κ2) is 5.13. The number of pyridine rings is 1. The van der Waals surface area contributed by atoms with Gasteiger partial charge in [0, 0.05) is 42.1 Å². The van der Waals surface area contributed by atoms with Crippen LogP contribution in [0.25, 0.3) is 22.3 Å². The van der Waals surface area contributed by atoms with Gasteiger partial charge in [-0.3, -0.25) is 3.97 Å². The maximum absolute atomic E-state index is 13.8. The highest BCUT2D eigenvalue weighted by molar-refractivity contribution is 14.2. The molecule has 5 heteroatoms. The van der Waals surface area contributed by atoms with Gasteiger partial charge in [0.25, 0.3) is 0 Å². The van der Waals surface area contributed by atoms with Crippen LogP contribution >= 0.6 is 30.3 Å². The van der Waals surface area contributed by atoms with Crippen LogP contribution in [0.15, 0.2) is 42.6 Å². The minimum atomic E-state index is -0.241. The summed E-state index contributed by atoms with van der Waals surface area (Å²) in [5, 5.41) is 0. The monoisotopic (exact) mass is 384 g/mol. The van der Waals surface area contributed by atoms with Crippen molar-refractivity contribution in [2.24, 2.45) is 0 Å². The van der Waals surface area contributed by atoms with Gasteiger partial charge in [-0.15, -0.1) is 0 Å². The smallest absolute Gasteiger partial charge is 0.132 e. The molecule has 3 aromatic rings. The molecule has 1 aromatic carbocycles. The average Bonchev–Trinajstić information content (AvgIpc) is 2.75. The molecular formula is C14H10FIN2S. The number of rotatable bonds is 2. The normalized spacial score (nSPS) is 11.1. The summed E-state index contributed by atoms with van der Waals surface area (Å²) in [7, 11) is 1.60. The third kappa shape index (κ3) is 2.25. The predicted molar refractivity (Wildman–Crippen MR) is 86.9 cm³/mol. The van der Waals surface area contributed by atoms with Gasteiger partial charge in [0.1, 0.15) is 5.82 Å². The second-order valence-corrected chi connectivity index (χ2v) is 5.96. The Morgan fingerprint density at radius 2 is 2.00 bits per heavy atom. The largest absolute Gasteiger partial charge is 0.281 e. The van der Waals surface area contributed by atoms with Gasteiger partial charge in [-0.25, -0.2) is 9.37 Å². The Bertz CT molecular complexity index is 754. The Kier molecular flexibility index (Phi) is 3.49. The molecule has 0 bridgehead atoms. The number of fused-ring (bicyclic) bond motifs is 1. The fourth-order valence-electron chi connectivity index (χ4n) is 2.10. The van der Waals surface area contributed by atoms with E-state index < -0.39 is 0 Å². The summed E-state index contributed by atoms with van der Waals surface area (Å²) < 4.78 is 15.9. The van der Waals surface area contributed by atoms with Gasteiger partial charge in [-0.05, 0) is 36.8 Å². The Morgan fingerprint density at radius 1 is 1.21 bits per heavy atom. The van der Waals surface area contributed by atoms with Crippen molar-refractivity contribution in [3.8, 4) is 11.3 Å². The zero-order valence-electron chi connectivity index (χ0n) is 10.1. The van der Waals surface area contributed by atoms with Crippen molar-refractivity contribution in [2.75, 3.05) is 0 Å². The first kappa shape index (κ1) is 12.9. The van der Waals surface area contributed by atoms with E-state index in [0.717, 1.165) is 16.6 Å². The van der Waals surface area contributed by atoms with E-state index in [1.54, 1.807) is 21.3 Å². The number of halogens is 2. The van der Waals surface area contributed by atoms with Crippen LogP contribution in [0.4, 0.5) is 4.39 Å². The van der Waals surface area contributed by atoms with Gasteiger partial charge in [-0.2, -0.15) is 0 Å². The summed E-state index contributed by atoms with van der Waals surface area (Å²) in [5.74, 6) is -0.241. The second-order valence-electron chi connectivity index (χ2n) is 4.25. The Hall–Kier alpha value is -1.08. The van der Waals surface area contributed by atoms with Crippen molar-refractivity contribution >= 4 is 41.4 Å². The quantitative estimate of drug-likeness (QED) is 0.579. The molecule has 19 heavy (non-hydrogen) atoms. The van der Waals surface area contributed by atoms with E-state index in [1.165, 1.54) is 6.07 Å². The van der Waals surface area contributed by atoms with E-state index >= 15 is 0 Å². The maximum Gasteiger partial charge on any atom is 0.132 e. The molecular weight excluding hydrogens is 374 g/mol.